The van der Waals surface area contributed by atoms with Crippen LogP contribution in [0.5, 0.6) is 0 Å². The van der Waals surface area contributed by atoms with Gasteiger partial charge in [-0.1, -0.05) is 91.0 Å². The van der Waals surface area contributed by atoms with E-state index in [9.17, 15) is 13.6 Å². The number of anilines is 1. The minimum Gasteiger partial charge on any atom is -0.371 e. The molecule has 0 aliphatic carbocycles. The lowest BCUT2D eigenvalue weighted by Crippen LogP contribution is -2.43. The summed E-state index contributed by atoms with van der Waals surface area (Å²) in [6.45, 7) is 2.74. The van der Waals surface area contributed by atoms with Crippen LogP contribution in [0.1, 0.15) is 48.1 Å². The van der Waals surface area contributed by atoms with E-state index in [-0.39, 0.29) is 24.2 Å². The number of aromatic nitrogens is 2. The molecule has 0 bridgehead atoms. The zero-order valence-corrected chi connectivity index (χ0v) is 25.7. The Hall–Kier alpha value is -4.56. The van der Waals surface area contributed by atoms with Crippen molar-refractivity contribution >= 4 is 22.5 Å². The standard InChI is InChI=1S/C38H37F2N5O/c39-37(40)20-23-43(24-21-37)31-15-9-14-30(26-31)38(28-10-3-1-4-11-28,29-12-5-2-6-13-29)34-32-16-7-8-17-33(32)45(42-34)44-25-19-36(35(44)46)18-22-41-27-36/h1-17,26,41H,18-25,27H2/t36-/m0/s1. The Morgan fingerprint density at radius 2 is 1.37 bits per heavy atom. The summed E-state index contributed by atoms with van der Waals surface area (Å²) in [5, 5.41) is 11.6. The Balaban J connectivity index is 1.37. The van der Waals surface area contributed by atoms with E-state index in [1.165, 1.54) is 0 Å². The van der Waals surface area contributed by atoms with E-state index in [0.717, 1.165) is 58.4 Å². The number of fused-ring (bicyclic) bond motifs is 1. The van der Waals surface area contributed by atoms with Gasteiger partial charge in [0.2, 0.25) is 5.91 Å². The summed E-state index contributed by atoms with van der Waals surface area (Å²) in [6.07, 6.45) is 1.31. The van der Waals surface area contributed by atoms with Crippen LogP contribution in [0.25, 0.3) is 10.9 Å². The number of hydrogen-bond donors (Lipinski definition) is 1. The van der Waals surface area contributed by atoms with Gasteiger partial charge in [0.1, 0.15) is 0 Å². The van der Waals surface area contributed by atoms with Crippen LogP contribution >= 0.6 is 0 Å². The minimum absolute atomic E-state index is 0.117. The third-order valence-electron chi connectivity index (χ3n) is 10.4. The Morgan fingerprint density at radius 1 is 0.717 bits per heavy atom. The summed E-state index contributed by atoms with van der Waals surface area (Å²) < 4.78 is 28.3. The molecule has 3 fully saturated rings. The summed E-state index contributed by atoms with van der Waals surface area (Å²) >= 11 is 0. The second-order valence-electron chi connectivity index (χ2n) is 13.0. The summed E-state index contributed by atoms with van der Waals surface area (Å²) in [5.41, 5.74) is 4.39. The Bertz CT molecular complexity index is 1830. The van der Waals surface area contributed by atoms with Crippen LogP contribution in [-0.4, -0.2) is 54.4 Å². The van der Waals surface area contributed by atoms with Gasteiger partial charge >= 0.3 is 0 Å². The summed E-state index contributed by atoms with van der Waals surface area (Å²) in [6, 6.07) is 37.2. The van der Waals surface area contributed by atoms with E-state index in [1.54, 1.807) is 0 Å². The molecule has 3 aliphatic heterocycles. The number of rotatable bonds is 6. The second-order valence-corrected chi connectivity index (χ2v) is 13.0. The zero-order chi connectivity index (χ0) is 31.4. The lowest BCUT2D eigenvalue weighted by atomic mass is 9.66. The maximum Gasteiger partial charge on any atom is 0.251 e. The number of para-hydroxylation sites is 1. The van der Waals surface area contributed by atoms with Gasteiger partial charge in [-0.15, -0.1) is 0 Å². The Morgan fingerprint density at radius 3 is 2.04 bits per heavy atom. The number of hydrogen-bond acceptors (Lipinski definition) is 4. The summed E-state index contributed by atoms with van der Waals surface area (Å²) in [4.78, 5) is 18.0. The Kier molecular flexibility index (Phi) is 6.94. The fourth-order valence-corrected chi connectivity index (χ4v) is 7.95. The first kappa shape index (κ1) is 28.9. The fourth-order valence-electron chi connectivity index (χ4n) is 7.95. The quantitative estimate of drug-likeness (QED) is 0.221. The first-order valence-corrected chi connectivity index (χ1v) is 16.3. The van der Waals surface area contributed by atoms with Gasteiger partial charge in [-0.2, -0.15) is 9.89 Å². The lowest BCUT2D eigenvalue weighted by Gasteiger charge is -2.37. The van der Waals surface area contributed by atoms with E-state index in [1.807, 2.05) is 76.5 Å². The number of carbonyl (C=O) groups is 1. The molecule has 1 amide bonds. The topological polar surface area (TPSA) is 53.4 Å². The highest BCUT2D eigenvalue weighted by atomic mass is 19.3. The molecule has 1 N–H and O–H groups in total. The predicted octanol–water partition coefficient (Wildman–Crippen LogP) is 6.50. The number of carbonyl (C=O) groups excluding carboxylic acids is 1. The first-order valence-electron chi connectivity index (χ1n) is 16.3. The maximum absolute atomic E-state index is 14.2. The van der Waals surface area contributed by atoms with Crippen molar-refractivity contribution in [1.29, 1.82) is 0 Å². The zero-order valence-electron chi connectivity index (χ0n) is 25.7. The maximum atomic E-state index is 14.2. The van der Waals surface area contributed by atoms with Crippen molar-refractivity contribution in [2.45, 2.75) is 37.0 Å². The molecule has 3 saturated heterocycles. The third kappa shape index (κ3) is 4.53. The molecule has 0 unspecified atom stereocenters. The number of nitrogens with zero attached hydrogens (tertiary/aromatic N) is 4. The van der Waals surface area contributed by atoms with Gasteiger partial charge in [0, 0.05) is 50.1 Å². The van der Waals surface area contributed by atoms with E-state index in [4.69, 9.17) is 5.10 Å². The molecule has 6 nitrogen and oxygen atoms in total. The van der Waals surface area contributed by atoms with Gasteiger partial charge < -0.3 is 10.2 Å². The first-order chi connectivity index (χ1) is 22.4. The van der Waals surface area contributed by atoms with E-state index in [2.05, 4.69) is 52.7 Å². The van der Waals surface area contributed by atoms with Gasteiger partial charge in [0.25, 0.3) is 5.92 Å². The molecule has 5 aromatic rings. The average molecular weight is 618 g/mol. The van der Waals surface area contributed by atoms with E-state index in [0.29, 0.717) is 26.2 Å². The smallest absolute Gasteiger partial charge is 0.251 e. The number of amides is 1. The van der Waals surface area contributed by atoms with Crippen molar-refractivity contribution in [2.75, 3.05) is 42.6 Å². The molecule has 3 aliphatic rings. The Labute approximate surface area is 267 Å². The molecule has 1 spiro atoms. The molecule has 4 aromatic carbocycles. The van der Waals surface area contributed by atoms with Crippen LogP contribution in [0.4, 0.5) is 14.5 Å². The van der Waals surface area contributed by atoms with Crippen molar-refractivity contribution < 1.29 is 13.6 Å². The summed E-state index contributed by atoms with van der Waals surface area (Å²) in [5.74, 6) is -2.51. The highest BCUT2D eigenvalue weighted by molar-refractivity contribution is 5.96. The van der Waals surface area contributed by atoms with Crippen LogP contribution in [-0.2, 0) is 10.2 Å². The molecule has 8 heteroatoms. The van der Waals surface area contributed by atoms with Gasteiger partial charge in [-0.25, -0.2) is 13.8 Å². The molecule has 234 valence electrons. The molecule has 0 radical (unpaired) electrons. The van der Waals surface area contributed by atoms with Crippen LogP contribution in [0.2, 0.25) is 0 Å². The number of halogens is 2. The van der Waals surface area contributed by atoms with Gasteiger partial charge in [-0.05, 0) is 54.3 Å². The molecule has 8 rings (SSSR count). The van der Waals surface area contributed by atoms with E-state index < -0.39 is 11.3 Å². The van der Waals surface area contributed by atoms with Crippen LogP contribution in [0.15, 0.2) is 109 Å². The van der Waals surface area contributed by atoms with Crippen LogP contribution in [0.3, 0.4) is 0 Å². The minimum atomic E-state index is -2.63. The van der Waals surface area contributed by atoms with Crippen molar-refractivity contribution in [3.05, 3.63) is 132 Å². The highest BCUT2D eigenvalue weighted by Crippen LogP contribution is 2.48. The van der Waals surface area contributed by atoms with Crippen molar-refractivity contribution in [3.8, 4) is 0 Å². The lowest BCUT2D eigenvalue weighted by molar-refractivity contribution is -0.126. The monoisotopic (exact) mass is 617 g/mol. The van der Waals surface area contributed by atoms with Crippen LogP contribution < -0.4 is 15.2 Å². The second kappa shape index (κ2) is 11.1. The van der Waals surface area contributed by atoms with Gasteiger partial charge in [0.05, 0.1) is 22.0 Å². The number of alkyl halides is 2. The van der Waals surface area contributed by atoms with Crippen molar-refractivity contribution in [3.63, 3.8) is 0 Å². The highest BCUT2D eigenvalue weighted by Gasteiger charge is 2.50. The molecular weight excluding hydrogens is 580 g/mol. The van der Waals surface area contributed by atoms with E-state index >= 15 is 0 Å². The third-order valence-corrected chi connectivity index (χ3v) is 10.4. The number of nitrogens with one attached hydrogen (secondary N) is 1. The largest absolute Gasteiger partial charge is 0.371 e. The summed E-state index contributed by atoms with van der Waals surface area (Å²) in [7, 11) is 0. The molecular formula is C38H37F2N5O. The molecule has 1 atom stereocenters. The number of piperidine rings is 1. The number of benzene rings is 4. The predicted molar refractivity (Wildman–Crippen MR) is 177 cm³/mol. The normalized spacial score (nSPS) is 21.5. The molecule has 46 heavy (non-hydrogen) atoms. The van der Waals surface area contributed by atoms with Crippen molar-refractivity contribution in [1.82, 2.24) is 15.2 Å². The molecule has 0 saturated carbocycles. The molecule has 4 heterocycles. The van der Waals surface area contributed by atoms with Crippen LogP contribution in [0, 0.1) is 5.41 Å². The van der Waals surface area contributed by atoms with Crippen molar-refractivity contribution in [2.24, 2.45) is 5.41 Å². The SMILES string of the molecule is O=C1N(n2nc(C(c3ccccc3)(c3ccccc3)c3cccc(N4CCC(F)(F)CC4)c3)c3ccccc32)CC[C@]12CCNC2. The molecule has 1 aromatic heterocycles. The van der Waals surface area contributed by atoms with Gasteiger partial charge in [0.15, 0.2) is 0 Å². The van der Waals surface area contributed by atoms with Gasteiger partial charge in [-0.3, -0.25) is 4.79 Å². The fraction of sp³-hybridized carbons (Fsp3) is 0.316. The average Bonchev–Trinajstić information content (AvgIpc) is 3.81.